The average molecular weight is 671 g/mol. The van der Waals surface area contributed by atoms with Gasteiger partial charge in [0, 0.05) is 5.56 Å². The average Bonchev–Trinajstić information content (AvgIpc) is 3.00. The number of carbonyl (C=O) groups excluding carboxylic acids is 3. The lowest BCUT2D eigenvalue weighted by atomic mass is 9.38. The van der Waals surface area contributed by atoms with E-state index in [9.17, 15) is 20.1 Å². The van der Waals surface area contributed by atoms with Crippen LogP contribution in [0.4, 0.5) is 0 Å². The monoisotopic (exact) mass is 670 g/mol. The summed E-state index contributed by atoms with van der Waals surface area (Å²) in [6.45, 7) is 20.2. The first-order valence-electron chi connectivity index (χ1n) is 17.6. The molecule has 3 N–H and O–H groups in total. The number of fused-ring (bicyclic) bond motifs is 2. The lowest BCUT2D eigenvalue weighted by molar-refractivity contribution is -0.176. The van der Waals surface area contributed by atoms with Crippen LogP contribution in [-0.4, -0.2) is 32.7 Å². The topological polar surface area (TPSA) is 112 Å². The highest BCUT2D eigenvalue weighted by Gasteiger charge is 2.73. The van der Waals surface area contributed by atoms with E-state index in [0.29, 0.717) is 6.42 Å². The summed E-state index contributed by atoms with van der Waals surface area (Å²) in [6.07, 6.45) is 15.0. The second-order valence-electron chi connectivity index (χ2n) is 15.7. The molecule has 266 valence electrons. The van der Waals surface area contributed by atoms with Crippen LogP contribution < -0.4 is 0 Å². The highest BCUT2D eigenvalue weighted by atomic mass is 16.3. The Labute approximate surface area is 294 Å². The molecular formula is C43H58O6. The Kier molecular flexibility index (Phi) is 12.7. The normalized spacial score (nSPS) is 24.8. The van der Waals surface area contributed by atoms with E-state index in [0.717, 1.165) is 42.9 Å². The van der Waals surface area contributed by atoms with Gasteiger partial charge in [0.05, 0.1) is 5.41 Å². The van der Waals surface area contributed by atoms with Crippen LogP contribution >= 0.6 is 0 Å². The fourth-order valence-corrected chi connectivity index (χ4v) is 7.52. The van der Waals surface area contributed by atoms with E-state index < -0.39 is 50.6 Å². The zero-order valence-electron chi connectivity index (χ0n) is 31.4. The number of Topliss-reactive ketones (excluding diaryl/α,β-unsaturated/α-hetero) is 3. The Morgan fingerprint density at radius 3 is 1.82 bits per heavy atom. The molecule has 2 fully saturated rings. The summed E-state index contributed by atoms with van der Waals surface area (Å²) in [5.74, 6) is -3.36. The Balaban J connectivity index is 2.32. The minimum Gasteiger partial charge on any atom is -0.506 e. The number of phenolic OH excluding ortho intramolecular Hbond substituents is 2. The highest BCUT2D eigenvalue weighted by Crippen LogP contribution is 2.65. The van der Waals surface area contributed by atoms with Gasteiger partial charge in [-0.2, -0.15) is 0 Å². The van der Waals surface area contributed by atoms with Crippen molar-refractivity contribution in [2.45, 2.75) is 121 Å². The number of benzene rings is 1. The van der Waals surface area contributed by atoms with Crippen LogP contribution in [0.3, 0.4) is 0 Å². The Bertz CT molecular complexity index is 1650. The first-order chi connectivity index (χ1) is 22.8. The van der Waals surface area contributed by atoms with Crippen LogP contribution in [0.25, 0.3) is 5.76 Å². The molecule has 0 heterocycles. The van der Waals surface area contributed by atoms with Gasteiger partial charge in [-0.3, -0.25) is 14.4 Å². The Morgan fingerprint density at radius 1 is 0.735 bits per heavy atom. The maximum Gasteiger partial charge on any atom is 0.184 e. The van der Waals surface area contributed by atoms with Crippen molar-refractivity contribution < 1.29 is 29.7 Å². The third-order valence-electron chi connectivity index (χ3n) is 10.8. The molecule has 3 atom stereocenters. The number of carbonyl (C=O) groups is 3. The predicted octanol–water partition coefficient (Wildman–Crippen LogP) is 10.6. The number of hydrogen-bond donors (Lipinski definition) is 3. The number of hydrogen-bond acceptors (Lipinski definition) is 6. The zero-order valence-corrected chi connectivity index (χ0v) is 31.4. The van der Waals surface area contributed by atoms with E-state index in [1.165, 1.54) is 28.9 Å². The number of aromatic hydroxyl groups is 2. The lowest BCUT2D eigenvalue weighted by Crippen LogP contribution is -2.69. The molecular weight excluding hydrogens is 612 g/mol. The number of aliphatic hydroxyl groups is 1. The van der Waals surface area contributed by atoms with E-state index >= 15 is 9.59 Å². The van der Waals surface area contributed by atoms with Crippen molar-refractivity contribution in [1.29, 1.82) is 0 Å². The standard InChI is InChI=1S/C43H58O6/c1-27(2)13-11-15-30(7)17-19-33-26-42(23-22-31(8)16-12-14-28(3)4)38(47)36(37(46)32-18-20-34(44)35(45)25-32)39(48)43(40(42)49,41(33,9)10)24-21-29(5)6/h13-14,17-18,20-22,25,33,44-46H,11-12,15-16,19,23-24,26H2,1-10H3/b30-17+,31-22+,37-36+/t33?,42-,43+/m0/s1. The molecule has 6 heteroatoms. The van der Waals surface area contributed by atoms with E-state index in [1.54, 1.807) is 0 Å². The molecule has 2 bridgehead atoms. The van der Waals surface area contributed by atoms with E-state index in [1.807, 2.05) is 46.8 Å². The minimum absolute atomic E-state index is 0.0182. The molecule has 3 rings (SSSR count). The molecule has 1 aromatic rings. The summed E-state index contributed by atoms with van der Waals surface area (Å²) in [4.78, 5) is 45.1. The van der Waals surface area contributed by atoms with Gasteiger partial charge in [0.25, 0.3) is 0 Å². The molecule has 2 aliphatic rings. The van der Waals surface area contributed by atoms with Crippen molar-refractivity contribution in [3.05, 3.63) is 87.6 Å². The molecule has 0 radical (unpaired) electrons. The van der Waals surface area contributed by atoms with E-state index in [-0.39, 0.29) is 36.5 Å². The first kappa shape index (κ1) is 39.5. The summed E-state index contributed by atoms with van der Waals surface area (Å²) in [5.41, 5.74) is 1.27. The maximum atomic E-state index is 15.2. The second kappa shape index (κ2) is 15.7. The van der Waals surface area contributed by atoms with Gasteiger partial charge in [0.2, 0.25) is 0 Å². The summed E-state index contributed by atoms with van der Waals surface area (Å²) in [6, 6.07) is 3.68. The fourth-order valence-electron chi connectivity index (χ4n) is 7.52. The largest absolute Gasteiger partial charge is 0.506 e. The molecule has 0 aliphatic heterocycles. The minimum atomic E-state index is -1.61. The number of rotatable bonds is 13. The van der Waals surface area contributed by atoms with Crippen molar-refractivity contribution in [3.63, 3.8) is 0 Å². The van der Waals surface area contributed by atoms with Gasteiger partial charge in [-0.15, -0.1) is 0 Å². The number of aliphatic hydroxyl groups excluding tert-OH is 1. The highest BCUT2D eigenvalue weighted by molar-refractivity contribution is 6.41. The first-order valence-corrected chi connectivity index (χ1v) is 17.6. The second-order valence-corrected chi connectivity index (χ2v) is 15.7. The van der Waals surface area contributed by atoms with Gasteiger partial charge in [-0.1, -0.05) is 72.1 Å². The van der Waals surface area contributed by atoms with Gasteiger partial charge >= 0.3 is 0 Å². The summed E-state index contributed by atoms with van der Waals surface area (Å²) in [7, 11) is 0. The number of ketones is 3. The summed E-state index contributed by atoms with van der Waals surface area (Å²) in [5, 5.41) is 31.9. The van der Waals surface area contributed by atoms with Crippen molar-refractivity contribution in [2.24, 2.45) is 22.2 Å². The van der Waals surface area contributed by atoms with Crippen LogP contribution in [0.5, 0.6) is 11.5 Å². The number of allylic oxidation sites excluding steroid dienone is 11. The van der Waals surface area contributed by atoms with Gasteiger partial charge in [-0.25, -0.2) is 0 Å². The predicted molar refractivity (Wildman–Crippen MR) is 199 cm³/mol. The maximum absolute atomic E-state index is 15.2. The van der Waals surface area contributed by atoms with Crippen LogP contribution in [0, 0.1) is 22.2 Å². The SMILES string of the molecule is CC(C)=CCC/C(C)=C/CC1C[C@@]2(C/C=C(\C)CCC=C(C)C)C(=O)/C(=C(\O)c3ccc(O)c(O)c3)C(=O)[C@](CC=C(C)C)(C2=O)C1(C)C. The molecule has 1 aromatic carbocycles. The molecule has 0 spiro atoms. The third kappa shape index (κ3) is 8.11. The van der Waals surface area contributed by atoms with Gasteiger partial charge < -0.3 is 15.3 Å². The number of phenols is 2. The molecule has 1 unspecified atom stereocenters. The van der Waals surface area contributed by atoms with Gasteiger partial charge in [0.1, 0.15) is 16.7 Å². The lowest BCUT2D eigenvalue weighted by Gasteiger charge is -2.60. The molecule has 2 saturated carbocycles. The van der Waals surface area contributed by atoms with Crippen molar-refractivity contribution in [1.82, 2.24) is 0 Å². The van der Waals surface area contributed by atoms with Crippen molar-refractivity contribution in [3.8, 4) is 11.5 Å². The van der Waals surface area contributed by atoms with Crippen LogP contribution in [0.2, 0.25) is 0 Å². The Hall–Kier alpha value is -3.93. The van der Waals surface area contributed by atoms with Crippen LogP contribution in [0.1, 0.15) is 126 Å². The quantitative estimate of drug-likeness (QED) is 0.0481. The molecule has 2 aliphatic carbocycles. The van der Waals surface area contributed by atoms with Crippen LogP contribution in [0.15, 0.2) is 82.0 Å². The van der Waals surface area contributed by atoms with Crippen molar-refractivity contribution >= 4 is 23.1 Å². The smallest absolute Gasteiger partial charge is 0.184 e. The summed E-state index contributed by atoms with van der Waals surface area (Å²) >= 11 is 0. The van der Waals surface area contributed by atoms with E-state index in [2.05, 4.69) is 52.8 Å². The van der Waals surface area contributed by atoms with Gasteiger partial charge in [-0.05, 0) is 136 Å². The van der Waals surface area contributed by atoms with Crippen LogP contribution in [-0.2, 0) is 14.4 Å². The molecule has 0 amide bonds. The molecule has 0 aromatic heterocycles. The van der Waals surface area contributed by atoms with Gasteiger partial charge in [0.15, 0.2) is 28.8 Å². The Morgan fingerprint density at radius 2 is 1.29 bits per heavy atom. The summed E-state index contributed by atoms with van der Waals surface area (Å²) < 4.78 is 0. The third-order valence-corrected chi connectivity index (χ3v) is 10.8. The molecule has 6 nitrogen and oxygen atoms in total. The molecule has 0 saturated heterocycles. The fraction of sp³-hybridized carbons (Fsp3) is 0.512. The van der Waals surface area contributed by atoms with Crippen molar-refractivity contribution in [2.75, 3.05) is 0 Å². The van der Waals surface area contributed by atoms with E-state index in [4.69, 9.17) is 0 Å². The zero-order chi connectivity index (χ0) is 36.9. The molecule has 49 heavy (non-hydrogen) atoms.